The van der Waals surface area contributed by atoms with Gasteiger partial charge in [-0.25, -0.2) is 9.37 Å². The second kappa shape index (κ2) is 3.86. The fourth-order valence-corrected chi connectivity index (χ4v) is 2.08. The van der Waals surface area contributed by atoms with E-state index in [1.165, 1.54) is 12.1 Å². The molecule has 0 saturated carbocycles. The number of fused-ring (bicyclic) bond motifs is 1. The maximum atomic E-state index is 12.9. The number of hydrogen-bond acceptors (Lipinski definition) is 1. The number of nitrogens with one attached hydrogen (secondary N) is 1. The first-order valence-electron chi connectivity index (χ1n) is 5.13. The lowest BCUT2D eigenvalue weighted by Crippen LogP contribution is -1.84. The van der Waals surface area contributed by atoms with Crippen LogP contribution in [0.15, 0.2) is 42.7 Å². The third-order valence-electron chi connectivity index (χ3n) is 2.71. The van der Waals surface area contributed by atoms with E-state index in [4.69, 9.17) is 11.6 Å². The second-order valence-corrected chi connectivity index (χ2v) is 4.09. The van der Waals surface area contributed by atoms with Crippen molar-refractivity contribution in [2.45, 2.75) is 0 Å². The largest absolute Gasteiger partial charge is 0.359 e. The lowest BCUT2D eigenvalue weighted by molar-refractivity contribution is 0.628. The van der Waals surface area contributed by atoms with Gasteiger partial charge < -0.3 is 4.98 Å². The Labute approximate surface area is 102 Å². The Morgan fingerprint density at radius 1 is 1.12 bits per heavy atom. The van der Waals surface area contributed by atoms with Crippen molar-refractivity contribution < 1.29 is 4.39 Å². The number of halogens is 2. The number of aromatic nitrogens is 2. The van der Waals surface area contributed by atoms with Gasteiger partial charge in [-0.15, -0.1) is 0 Å². The van der Waals surface area contributed by atoms with E-state index in [1.807, 2.05) is 12.3 Å². The molecule has 2 aromatic heterocycles. The predicted octanol–water partition coefficient (Wildman–Crippen LogP) is 4.02. The first kappa shape index (κ1) is 10.3. The fraction of sp³-hybridized carbons (Fsp3) is 0. The maximum Gasteiger partial charge on any atom is 0.153 e. The lowest BCUT2D eigenvalue weighted by Gasteiger charge is -2.04. The summed E-state index contributed by atoms with van der Waals surface area (Å²) in [4.78, 5) is 7.16. The van der Waals surface area contributed by atoms with Crippen LogP contribution in [0.5, 0.6) is 0 Å². The number of nitrogens with zero attached hydrogens (tertiary/aromatic N) is 1. The topological polar surface area (TPSA) is 28.7 Å². The van der Waals surface area contributed by atoms with E-state index in [2.05, 4.69) is 9.97 Å². The van der Waals surface area contributed by atoms with Crippen LogP contribution in [0.4, 0.5) is 4.39 Å². The van der Waals surface area contributed by atoms with Crippen LogP contribution in [0.2, 0.25) is 5.15 Å². The van der Waals surface area contributed by atoms with Crippen molar-refractivity contribution in [3.05, 3.63) is 53.7 Å². The zero-order valence-electron chi connectivity index (χ0n) is 8.74. The van der Waals surface area contributed by atoms with Gasteiger partial charge in [0.2, 0.25) is 0 Å². The molecule has 0 amide bonds. The SMILES string of the molecule is Fc1ccc(-c2cnc(Cl)c3[nH]ccc23)cc1. The Hall–Kier alpha value is -1.87. The minimum absolute atomic E-state index is 0.249. The van der Waals surface area contributed by atoms with Gasteiger partial charge in [0.25, 0.3) is 0 Å². The normalized spacial score (nSPS) is 10.9. The average Bonchev–Trinajstić information content (AvgIpc) is 2.81. The number of pyridine rings is 1. The van der Waals surface area contributed by atoms with E-state index in [0.717, 1.165) is 22.0 Å². The molecule has 0 fully saturated rings. The van der Waals surface area contributed by atoms with E-state index in [1.54, 1.807) is 18.3 Å². The fourth-order valence-electron chi connectivity index (χ4n) is 1.88. The molecule has 3 rings (SSSR count). The third-order valence-corrected chi connectivity index (χ3v) is 2.99. The summed E-state index contributed by atoms with van der Waals surface area (Å²) < 4.78 is 12.9. The summed E-state index contributed by atoms with van der Waals surface area (Å²) in [5.41, 5.74) is 2.65. The van der Waals surface area contributed by atoms with Crippen molar-refractivity contribution in [3.63, 3.8) is 0 Å². The number of hydrogen-bond donors (Lipinski definition) is 1. The molecule has 2 heterocycles. The highest BCUT2D eigenvalue weighted by molar-refractivity contribution is 6.34. The molecule has 0 aliphatic carbocycles. The highest BCUT2D eigenvalue weighted by Gasteiger charge is 2.08. The van der Waals surface area contributed by atoms with Gasteiger partial charge in [-0.05, 0) is 23.8 Å². The van der Waals surface area contributed by atoms with Gasteiger partial charge in [0.05, 0.1) is 5.52 Å². The van der Waals surface area contributed by atoms with Crippen LogP contribution in [0.1, 0.15) is 0 Å². The van der Waals surface area contributed by atoms with Gasteiger partial charge in [-0.3, -0.25) is 0 Å². The lowest BCUT2D eigenvalue weighted by atomic mass is 10.0. The van der Waals surface area contributed by atoms with Crippen molar-refractivity contribution in [2.24, 2.45) is 0 Å². The van der Waals surface area contributed by atoms with Crippen LogP contribution >= 0.6 is 11.6 Å². The van der Waals surface area contributed by atoms with Crippen molar-refractivity contribution >= 4 is 22.5 Å². The summed E-state index contributed by atoms with van der Waals surface area (Å²) in [5, 5.41) is 1.42. The zero-order chi connectivity index (χ0) is 11.8. The van der Waals surface area contributed by atoms with Crippen molar-refractivity contribution in [2.75, 3.05) is 0 Å². The summed E-state index contributed by atoms with van der Waals surface area (Å²) in [6.45, 7) is 0. The molecule has 0 aliphatic heterocycles. The molecule has 2 nitrogen and oxygen atoms in total. The van der Waals surface area contributed by atoms with Gasteiger partial charge in [-0.1, -0.05) is 23.7 Å². The third kappa shape index (κ3) is 1.68. The first-order chi connectivity index (χ1) is 8.25. The number of aromatic amines is 1. The molecule has 17 heavy (non-hydrogen) atoms. The minimum Gasteiger partial charge on any atom is -0.359 e. The van der Waals surface area contributed by atoms with Crippen LogP contribution in [-0.4, -0.2) is 9.97 Å². The molecule has 0 spiro atoms. The molecule has 3 aromatic rings. The van der Waals surface area contributed by atoms with Gasteiger partial charge in [-0.2, -0.15) is 0 Å². The smallest absolute Gasteiger partial charge is 0.153 e. The van der Waals surface area contributed by atoms with E-state index in [9.17, 15) is 4.39 Å². The highest BCUT2D eigenvalue weighted by atomic mass is 35.5. The van der Waals surface area contributed by atoms with E-state index >= 15 is 0 Å². The number of rotatable bonds is 1. The molecule has 0 saturated heterocycles. The highest BCUT2D eigenvalue weighted by Crippen LogP contribution is 2.30. The Bertz CT molecular complexity index is 673. The number of benzene rings is 1. The van der Waals surface area contributed by atoms with E-state index < -0.39 is 0 Å². The van der Waals surface area contributed by atoms with E-state index in [0.29, 0.717) is 5.15 Å². The van der Waals surface area contributed by atoms with Gasteiger partial charge >= 0.3 is 0 Å². The molecule has 84 valence electrons. The van der Waals surface area contributed by atoms with E-state index in [-0.39, 0.29) is 5.82 Å². The predicted molar refractivity (Wildman–Crippen MR) is 66.5 cm³/mol. The maximum absolute atomic E-state index is 12.9. The summed E-state index contributed by atoms with van der Waals surface area (Å²) in [6, 6.07) is 8.26. The van der Waals surface area contributed by atoms with Crippen LogP contribution < -0.4 is 0 Å². The van der Waals surface area contributed by atoms with Crippen LogP contribution in [0.25, 0.3) is 22.0 Å². The first-order valence-corrected chi connectivity index (χ1v) is 5.51. The van der Waals surface area contributed by atoms with Crippen LogP contribution in [0.3, 0.4) is 0 Å². The average molecular weight is 247 g/mol. The molecule has 0 bridgehead atoms. The van der Waals surface area contributed by atoms with Crippen LogP contribution in [0, 0.1) is 5.82 Å². The Morgan fingerprint density at radius 3 is 2.65 bits per heavy atom. The molecule has 1 aromatic carbocycles. The van der Waals surface area contributed by atoms with Crippen molar-refractivity contribution in [3.8, 4) is 11.1 Å². The number of H-pyrrole nitrogens is 1. The summed E-state index contributed by atoms with van der Waals surface area (Å²) >= 11 is 5.98. The molecule has 1 N–H and O–H groups in total. The van der Waals surface area contributed by atoms with Crippen LogP contribution in [-0.2, 0) is 0 Å². The van der Waals surface area contributed by atoms with Gasteiger partial charge in [0.1, 0.15) is 5.82 Å². The molecular weight excluding hydrogens is 239 g/mol. The summed E-state index contributed by atoms with van der Waals surface area (Å²) in [7, 11) is 0. The van der Waals surface area contributed by atoms with Crippen molar-refractivity contribution in [1.82, 2.24) is 9.97 Å². The minimum atomic E-state index is -0.249. The monoisotopic (exact) mass is 246 g/mol. The molecule has 0 radical (unpaired) electrons. The molecule has 0 aliphatic rings. The van der Waals surface area contributed by atoms with Gasteiger partial charge in [0, 0.05) is 23.3 Å². The summed E-state index contributed by atoms with van der Waals surface area (Å²) in [5.74, 6) is -0.249. The standard InChI is InChI=1S/C13H8ClFN2/c14-13-12-10(5-6-16-12)11(7-17-13)8-1-3-9(15)4-2-8/h1-7,16H. The molecule has 0 atom stereocenters. The summed E-state index contributed by atoms with van der Waals surface area (Å²) in [6.07, 6.45) is 3.51. The van der Waals surface area contributed by atoms with Gasteiger partial charge in [0.15, 0.2) is 5.15 Å². The Kier molecular flexibility index (Phi) is 2.34. The quantitative estimate of drug-likeness (QED) is 0.646. The zero-order valence-corrected chi connectivity index (χ0v) is 9.50. The Morgan fingerprint density at radius 2 is 1.88 bits per heavy atom. The molecular formula is C13H8ClFN2. The second-order valence-electron chi connectivity index (χ2n) is 3.74. The molecule has 0 unspecified atom stereocenters. The van der Waals surface area contributed by atoms with Crippen molar-refractivity contribution in [1.29, 1.82) is 0 Å². The molecule has 4 heteroatoms. The Balaban J connectivity index is 2.27.